The van der Waals surface area contributed by atoms with Gasteiger partial charge in [-0.25, -0.2) is 9.97 Å². The van der Waals surface area contributed by atoms with Crippen LogP contribution in [0, 0.1) is 10.1 Å². The highest BCUT2D eigenvalue weighted by Gasteiger charge is 2.05. The molecule has 64 valence electrons. The molecular weight excluding hydrogens is 160 g/mol. The van der Waals surface area contributed by atoms with E-state index < -0.39 is 4.92 Å². The number of rotatable bonds is 3. The topological polar surface area (TPSA) is 94.9 Å². The van der Waals surface area contributed by atoms with Gasteiger partial charge in [0.2, 0.25) is 0 Å². The molecule has 0 aromatic carbocycles. The van der Waals surface area contributed by atoms with Gasteiger partial charge in [-0.05, 0) is 6.54 Å². The molecule has 12 heavy (non-hydrogen) atoms. The van der Waals surface area contributed by atoms with E-state index in [-0.39, 0.29) is 5.69 Å². The highest BCUT2D eigenvalue weighted by Crippen LogP contribution is 2.05. The van der Waals surface area contributed by atoms with Gasteiger partial charge in [-0.2, -0.15) is 0 Å². The fourth-order valence-corrected chi connectivity index (χ4v) is 0.700. The molecule has 0 bridgehead atoms. The Kier molecular flexibility index (Phi) is 2.65. The Morgan fingerprint density at radius 2 is 2.08 bits per heavy atom. The van der Waals surface area contributed by atoms with Crippen molar-refractivity contribution in [2.45, 2.75) is 6.42 Å². The minimum atomic E-state index is -0.535. The predicted octanol–water partition coefficient (Wildman–Crippen LogP) is -0.114. The molecule has 0 radical (unpaired) electrons. The van der Waals surface area contributed by atoms with E-state index in [0.29, 0.717) is 18.8 Å². The Bertz CT molecular complexity index is 271. The van der Waals surface area contributed by atoms with Crippen molar-refractivity contribution in [3.63, 3.8) is 0 Å². The van der Waals surface area contributed by atoms with E-state index >= 15 is 0 Å². The van der Waals surface area contributed by atoms with Crippen molar-refractivity contribution in [3.05, 3.63) is 28.3 Å². The van der Waals surface area contributed by atoms with Gasteiger partial charge in [0, 0.05) is 6.42 Å². The Balaban J connectivity index is 2.78. The van der Waals surface area contributed by atoms with Crippen LogP contribution in [0.4, 0.5) is 5.69 Å². The standard InChI is InChI=1S/C6H8N4O2/c7-2-1-6-8-3-5(4-9-6)10(11)12/h3-4H,1-2,7H2. The number of nitrogens with zero attached hydrogens (tertiary/aromatic N) is 3. The van der Waals surface area contributed by atoms with Gasteiger partial charge in [0.15, 0.2) is 0 Å². The molecule has 0 aliphatic heterocycles. The Morgan fingerprint density at radius 3 is 2.50 bits per heavy atom. The number of aromatic nitrogens is 2. The zero-order valence-electron chi connectivity index (χ0n) is 6.30. The van der Waals surface area contributed by atoms with Crippen LogP contribution in [0.1, 0.15) is 5.82 Å². The first-order valence-corrected chi connectivity index (χ1v) is 3.39. The highest BCUT2D eigenvalue weighted by molar-refractivity contribution is 5.20. The van der Waals surface area contributed by atoms with E-state index in [1.54, 1.807) is 0 Å². The quantitative estimate of drug-likeness (QED) is 0.501. The Hall–Kier alpha value is -1.56. The zero-order valence-corrected chi connectivity index (χ0v) is 6.30. The molecule has 0 aliphatic carbocycles. The number of hydrogen-bond acceptors (Lipinski definition) is 5. The van der Waals surface area contributed by atoms with Crippen LogP contribution in [0.2, 0.25) is 0 Å². The third-order valence-corrected chi connectivity index (χ3v) is 1.27. The van der Waals surface area contributed by atoms with Crippen molar-refractivity contribution in [1.29, 1.82) is 0 Å². The van der Waals surface area contributed by atoms with E-state index in [1.165, 1.54) is 12.4 Å². The van der Waals surface area contributed by atoms with Crippen LogP contribution in [0.5, 0.6) is 0 Å². The third kappa shape index (κ3) is 1.96. The molecule has 0 aliphatic rings. The maximum atomic E-state index is 10.2. The van der Waals surface area contributed by atoms with Crippen molar-refractivity contribution in [3.8, 4) is 0 Å². The predicted molar refractivity (Wildman–Crippen MR) is 41.4 cm³/mol. The fraction of sp³-hybridized carbons (Fsp3) is 0.333. The lowest BCUT2D eigenvalue weighted by atomic mass is 10.4. The molecule has 1 aromatic heterocycles. The zero-order chi connectivity index (χ0) is 8.97. The van der Waals surface area contributed by atoms with Crippen LogP contribution in [-0.4, -0.2) is 21.4 Å². The minimum absolute atomic E-state index is 0.101. The van der Waals surface area contributed by atoms with Crippen LogP contribution in [0.25, 0.3) is 0 Å². The lowest BCUT2D eigenvalue weighted by Crippen LogP contribution is -2.06. The minimum Gasteiger partial charge on any atom is -0.330 e. The molecule has 0 fully saturated rings. The van der Waals surface area contributed by atoms with E-state index in [0.717, 1.165) is 0 Å². The molecule has 0 spiro atoms. The molecule has 1 rings (SSSR count). The van der Waals surface area contributed by atoms with E-state index in [9.17, 15) is 10.1 Å². The van der Waals surface area contributed by atoms with Gasteiger partial charge in [-0.15, -0.1) is 0 Å². The normalized spacial score (nSPS) is 9.75. The number of hydrogen-bond donors (Lipinski definition) is 1. The summed E-state index contributed by atoms with van der Waals surface area (Å²) in [6.45, 7) is 0.442. The monoisotopic (exact) mass is 168 g/mol. The second-order valence-corrected chi connectivity index (χ2v) is 2.15. The van der Waals surface area contributed by atoms with E-state index in [2.05, 4.69) is 9.97 Å². The van der Waals surface area contributed by atoms with Crippen LogP contribution in [0.3, 0.4) is 0 Å². The van der Waals surface area contributed by atoms with E-state index in [4.69, 9.17) is 5.73 Å². The largest absolute Gasteiger partial charge is 0.330 e. The SMILES string of the molecule is NCCc1ncc([N+](=O)[O-])cn1. The van der Waals surface area contributed by atoms with Gasteiger partial charge in [-0.3, -0.25) is 10.1 Å². The maximum absolute atomic E-state index is 10.2. The molecule has 2 N–H and O–H groups in total. The summed E-state index contributed by atoms with van der Waals surface area (Å²) in [5.41, 5.74) is 5.14. The second kappa shape index (κ2) is 3.72. The van der Waals surface area contributed by atoms with Crippen molar-refractivity contribution in [2.24, 2.45) is 5.73 Å². The van der Waals surface area contributed by atoms with Gasteiger partial charge in [0.25, 0.3) is 0 Å². The second-order valence-electron chi connectivity index (χ2n) is 2.15. The van der Waals surface area contributed by atoms with Crippen molar-refractivity contribution in [1.82, 2.24) is 9.97 Å². The van der Waals surface area contributed by atoms with Gasteiger partial charge >= 0.3 is 5.69 Å². The average Bonchev–Trinajstić information content (AvgIpc) is 2.06. The molecule has 0 atom stereocenters. The number of nitrogens with two attached hydrogens (primary N) is 1. The maximum Gasteiger partial charge on any atom is 0.305 e. The van der Waals surface area contributed by atoms with Crippen molar-refractivity contribution in [2.75, 3.05) is 6.54 Å². The van der Waals surface area contributed by atoms with Crippen molar-refractivity contribution < 1.29 is 4.92 Å². The molecule has 0 unspecified atom stereocenters. The van der Waals surface area contributed by atoms with Gasteiger partial charge in [-0.1, -0.05) is 0 Å². The van der Waals surface area contributed by atoms with Crippen LogP contribution in [-0.2, 0) is 6.42 Å². The summed E-state index contributed by atoms with van der Waals surface area (Å²) >= 11 is 0. The summed E-state index contributed by atoms with van der Waals surface area (Å²) in [5.74, 6) is 0.531. The molecule has 1 aromatic rings. The summed E-state index contributed by atoms with van der Waals surface area (Å²) in [4.78, 5) is 17.1. The Morgan fingerprint density at radius 1 is 1.50 bits per heavy atom. The summed E-state index contributed by atoms with van der Waals surface area (Å²) in [5, 5.41) is 10.2. The van der Waals surface area contributed by atoms with Crippen molar-refractivity contribution >= 4 is 5.69 Å². The lowest BCUT2D eigenvalue weighted by Gasteiger charge is -1.94. The van der Waals surface area contributed by atoms with E-state index in [1.807, 2.05) is 0 Å². The summed E-state index contributed by atoms with van der Waals surface area (Å²) < 4.78 is 0. The van der Waals surface area contributed by atoms with Gasteiger partial charge in [0.1, 0.15) is 18.2 Å². The molecule has 0 saturated carbocycles. The molecule has 6 nitrogen and oxygen atoms in total. The smallest absolute Gasteiger partial charge is 0.305 e. The van der Waals surface area contributed by atoms with Crippen LogP contribution in [0.15, 0.2) is 12.4 Å². The van der Waals surface area contributed by atoms with Crippen LogP contribution >= 0.6 is 0 Å². The third-order valence-electron chi connectivity index (χ3n) is 1.27. The summed E-state index contributed by atoms with van der Waals surface area (Å²) in [7, 11) is 0. The highest BCUT2D eigenvalue weighted by atomic mass is 16.6. The molecule has 1 heterocycles. The lowest BCUT2D eigenvalue weighted by molar-refractivity contribution is -0.385. The molecule has 0 amide bonds. The average molecular weight is 168 g/mol. The summed E-state index contributed by atoms with van der Waals surface area (Å²) in [6.07, 6.45) is 2.90. The first-order valence-electron chi connectivity index (χ1n) is 3.39. The summed E-state index contributed by atoms with van der Waals surface area (Å²) in [6, 6.07) is 0. The van der Waals surface area contributed by atoms with Gasteiger partial charge in [0.05, 0.1) is 4.92 Å². The van der Waals surface area contributed by atoms with Crippen LogP contribution < -0.4 is 5.73 Å². The number of nitro groups is 1. The van der Waals surface area contributed by atoms with Gasteiger partial charge < -0.3 is 5.73 Å². The first kappa shape index (κ1) is 8.54. The first-order chi connectivity index (χ1) is 5.74. The molecule has 0 saturated heterocycles. The Labute approximate surface area is 68.6 Å². The fourth-order valence-electron chi connectivity index (χ4n) is 0.700. The molecule has 6 heteroatoms. The molecular formula is C6H8N4O2.